The molecule has 0 aliphatic heterocycles. The largest absolute Gasteiger partial charge is 0.465 e. The normalized spacial score (nSPS) is 10.8. The number of fused-ring (bicyclic) bond motifs is 1. The van der Waals surface area contributed by atoms with Crippen LogP contribution in [0.5, 0.6) is 0 Å². The topological polar surface area (TPSA) is 70.3 Å². The van der Waals surface area contributed by atoms with Crippen LogP contribution >= 0.6 is 0 Å². The molecule has 0 N–H and O–H groups in total. The van der Waals surface area contributed by atoms with Crippen LogP contribution in [0.25, 0.3) is 16.6 Å². The molecule has 0 bridgehead atoms. The Bertz CT molecular complexity index is 1320. The van der Waals surface area contributed by atoms with Gasteiger partial charge in [-0.3, -0.25) is 9.36 Å². The summed E-state index contributed by atoms with van der Waals surface area (Å²) < 4.78 is 7.41. The van der Waals surface area contributed by atoms with E-state index in [1.54, 1.807) is 47.0 Å². The number of hydrogen-bond donors (Lipinski definition) is 0. The van der Waals surface area contributed by atoms with E-state index in [2.05, 4.69) is 0 Å². The Hall–Kier alpha value is -3.93. The van der Waals surface area contributed by atoms with Gasteiger partial charge in [0.2, 0.25) is 0 Å². The molecule has 0 aliphatic rings. The summed E-state index contributed by atoms with van der Waals surface area (Å²) in [5, 5.41) is 0.391. The molecule has 0 saturated heterocycles. The summed E-state index contributed by atoms with van der Waals surface area (Å²) in [5.74, 6) is -0.616. The zero-order valence-electron chi connectivity index (χ0n) is 15.7. The summed E-state index contributed by atoms with van der Waals surface area (Å²) in [6.07, 6.45) is 0. The fourth-order valence-electron chi connectivity index (χ4n) is 3.40. The Morgan fingerprint density at radius 3 is 2.28 bits per heavy atom. The molecular weight excluding hydrogens is 368 g/mol. The van der Waals surface area contributed by atoms with E-state index in [0.29, 0.717) is 17.4 Å². The first kappa shape index (κ1) is 18.4. The molecule has 29 heavy (non-hydrogen) atoms. The molecule has 0 atom stereocenters. The maximum Gasteiger partial charge on any atom is 0.339 e. The highest BCUT2D eigenvalue weighted by Crippen LogP contribution is 2.16. The Morgan fingerprint density at radius 2 is 1.52 bits per heavy atom. The van der Waals surface area contributed by atoms with Crippen LogP contribution in [0.4, 0.5) is 0 Å². The van der Waals surface area contributed by atoms with Crippen molar-refractivity contribution in [3.05, 3.63) is 111 Å². The molecule has 1 aromatic heterocycles. The Kier molecular flexibility index (Phi) is 4.83. The standard InChI is InChI=1S/C23H18N2O4/c1-29-22(27)18-12-6-8-14-20(18)25-21(26)17-11-5-7-13-19(17)24(23(25)28)15-16-9-3-2-4-10-16/h2-14H,15H2,1H3. The van der Waals surface area contributed by atoms with Gasteiger partial charge in [0.15, 0.2) is 0 Å². The maximum absolute atomic E-state index is 13.4. The van der Waals surface area contributed by atoms with Crippen molar-refractivity contribution in [3.63, 3.8) is 0 Å². The molecule has 0 amide bonds. The number of nitrogens with zero attached hydrogens (tertiary/aromatic N) is 2. The second-order valence-corrected chi connectivity index (χ2v) is 6.52. The van der Waals surface area contributed by atoms with Crippen molar-refractivity contribution in [2.24, 2.45) is 0 Å². The van der Waals surface area contributed by atoms with E-state index in [1.165, 1.54) is 13.2 Å². The molecule has 0 unspecified atom stereocenters. The van der Waals surface area contributed by atoms with Crippen molar-refractivity contribution >= 4 is 16.9 Å². The van der Waals surface area contributed by atoms with Crippen molar-refractivity contribution in [2.45, 2.75) is 6.54 Å². The smallest absolute Gasteiger partial charge is 0.339 e. The molecule has 4 rings (SSSR count). The minimum atomic E-state index is -0.616. The van der Waals surface area contributed by atoms with Crippen LogP contribution in [0.2, 0.25) is 0 Å². The lowest BCUT2D eigenvalue weighted by molar-refractivity contribution is 0.0600. The first-order valence-electron chi connectivity index (χ1n) is 9.08. The molecule has 6 nitrogen and oxygen atoms in total. The van der Waals surface area contributed by atoms with E-state index in [9.17, 15) is 14.4 Å². The SMILES string of the molecule is COC(=O)c1ccccc1-n1c(=O)c2ccccc2n(Cc2ccccc2)c1=O. The van der Waals surface area contributed by atoms with Crippen LogP contribution in [0.3, 0.4) is 0 Å². The third kappa shape index (κ3) is 3.25. The number of methoxy groups -OCH3 is 1. The number of benzene rings is 3. The molecule has 0 saturated carbocycles. The molecular formula is C23H18N2O4. The number of carbonyl (C=O) groups is 1. The number of ether oxygens (including phenoxy) is 1. The van der Waals surface area contributed by atoms with Gasteiger partial charge < -0.3 is 4.74 Å². The molecule has 1 heterocycles. The number of aromatic nitrogens is 2. The van der Waals surface area contributed by atoms with Crippen molar-refractivity contribution in [3.8, 4) is 5.69 Å². The van der Waals surface area contributed by atoms with Gasteiger partial charge in [-0.25, -0.2) is 14.2 Å². The first-order valence-corrected chi connectivity index (χ1v) is 9.08. The van der Waals surface area contributed by atoms with E-state index in [1.807, 2.05) is 30.3 Å². The predicted molar refractivity (Wildman–Crippen MR) is 111 cm³/mol. The molecule has 3 aromatic carbocycles. The molecule has 144 valence electrons. The average molecular weight is 386 g/mol. The van der Waals surface area contributed by atoms with E-state index in [0.717, 1.165) is 10.1 Å². The van der Waals surface area contributed by atoms with Crippen LogP contribution in [-0.2, 0) is 11.3 Å². The fraction of sp³-hybridized carbons (Fsp3) is 0.0870. The minimum absolute atomic E-state index is 0.149. The highest BCUT2D eigenvalue weighted by molar-refractivity contribution is 5.93. The zero-order valence-corrected chi connectivity index (χ0v) is 15.7. The lowest BCUT2D eigenvalue weighted by atomic mass is 10.1. The Labute approximate surface area is 166 Å². The van der Waals surface area contributed by atoms with Crippen molar-refractivity contribution in [2.75, 3.05) is 7.11 Å². The quantitative estimate of drug-likeness (QED) is 0.506. The molecule has 0 aliphatic carbocycles. The highest BCUT2D eigenvalue weighted by atomic mass is 16.5. The third-order valence-electron chi connectivity index (χ3n) is 4.78. The van der Waals surface area contributed by atoms with Crippen LogP contribution in [0.15, 0.2) is 88.5 Å². The number of hydrogen-bond acceptors (Lipinski definition) is 4. The van der Waals surface area contributed by atoms with Gasteiger partial charge in [0.25, 0.3) is 5.56 Å². The van der Waals surface area contributed by atoms with Crippen LogP contribution in [0, 0.1) is 0 Å². The monoisotopic (exact) mass is 386 g/mol. The summed E-state index contributed by atoms with van der Waals surface area (Å²) in [6.45, 7) is 0.293. The second kappa shape index (κ2) is 7.59. The first-order chi connectivity index (χ1) is 14.1. The molecule has 0 spiro atoms. The fourth-order valence-corrected chi connectivity index (χ4v) is 3.40. The summed E-state index contributed by atoms with van der Waals surface area (Å²) in [5.41, 5.74) is 0.808. The van der Waals surface area contributed by atoms with Gasteiger partial charge in [-0.05, 0) is 29.8 Å². The Balaban J connectivity index is 2.06. The lowest BCUT2D eigenvalue weighted by Gasteiger charge is -2.16. The van der Waals surface area contributed by atoms with Crippen LogP contribution in [-0.4, -0.2) is 22.2 Å². The van der Waals surface area contributed by atoms with E-state index in [4.69, 9.17) is 4.74 Å². The lowest BCUT2D eigenvalue weighted by Crippen LogP contribution is -2.40. The van der Waals surface area contributed by atoms with Gasteiger partial charge in [-0.2, -0.15) is 0 Å². The summed E-state index contributed by atoms with van der Waals surface area (Å²) >= 11 is 0. The van der Waals surface area contributed by atoms with E-state index >= 15 is 0 Å². The van der Waals surface area contributed by atoms with Crippen LogP contribution < -0.4 is 11.2 Å². The van der Waals surface area contributed by atoms with Gasteiger partial charge >= 0.3 is 11.7 Å². The highest BCUT2D eigenvalue weighted by Gasteiger charge is 2.19. The molecule has 6 heteroatoms. The zero-order chi connectivity index (χ0) is 20.4. The summed E-state index contributed by atoms with van der Waals surface area (Å²) in [7, 11) is 1.26. The van der Waals surface area contributed by atoms with Gasteiger partial charge in [0.05, 0.1) is 35.8 Å². The second-order valence-electron chi connectivity index (χ2n) is 6.52. The molecule has 0 radical (unpaired) electrons. The van der Waals surface area contributed by atoms with E-state index in [-0.39, 0.29) is 11.3 Å². The third-order valence-corrected chi connectivity index (χ3v) is 4.78. The number of para-hydroxylation sites is 2. The predicted octanol–water partition coefficient (Wildman–Crippen LogP) is 2.99. The van der Waals surface area contributed by atoms with Crippen molar-refractivity contribution < 1.29 is 9.53 Å². The van der Waals surface area contributed by atoms with Gasteiger partial charge in [-0.15, -0.1) is 0 Å². The van der Waals surface area contributed by atoms with Crippen molar-refractivity contribution in [1.82, 2.24) is 9.13 Å². The van der Waals surface area contributed by atoms with E-state index < -0.39 is 17.2 Å². The molecule has 0 fully saturated rings. The summed E-state index contributed by atoms with van der Waals surface area (Å²) in [6, 6.07) is 22.9. The van der Waals surface area contributed by atoms with Gasteiger partial charge in [0.1, 0.15) is 0 Å². The average Bonchev–Trinajstić information content (AvgIpc) is 2.77. The summed E-state index contributed by atoms with van der Waals surface area (Å²) in [4.78, 5) is 38.9. The minimum Gasteiger partial charge on any atom is -0.465 e. The maximum atomic E-state index is 13.4. The number of carbonyl (C=O) groups excluding carboxylic acids is 1. The van der Waals surface area contributed by atoms with Crippen LogP contribution in [0.1, 0.15) is 15.9 Å². The van der Waals surface area contributed by atoms with Gasteiger partial charge in [-0.1, -0.05) is 54.6 Å². The number of esters is 1. The number of rotatable bonds is 4. The molecule has 4 aromatic rings. The Morgan fingerprint density at radius 1 is 0.862 bits per heavy atom. The van der Waals surface area contributed by atoms with Gasteiger partial charge in [0, 0.05) is 0 Å². The van der Waals surface area contributed by atoms with Crippen molar-refractivity contribution in [1.29, 1.82) is 0 Å².